The van der Waals surface area contributed by atoms with Gasteiger partial charge in [-0.3, -0.25) is 14.3 Å². The summed E-state index contributed by atoms with van der Waals surface area (Å²) in [5.74, 6) is -0.642. The quantitative estimate of drug-likeness (QED) is 0.335. The molecule has 0 aliphatic carbocycles. The number of anilines is 1. The van der Waals surface area contributed by atoms with E-state index in [2.05, 4.69) is 16.5 Å². The van der Waals surface area contributed by atoms with Gasteiger partial charge in [-0.05, 0) is 48.7 Å². The highest BCUT2D eigenvalue weighted by molar-refractivity contribution is 6.36. The molecular formula is C31H29ClFN5O4. The third kappa shape index (κ3) is 4.28. The highest BCUT2D eigenvalue weighted by Crippen LogP contribution is 2.48. The molecule has 4 heterocycles. The molecule has 9 nitrogen and oxygen atoms in total. The van der Waals surface area contributed by atoms with Crippen molar-refractivity contribution in [2.24, 2.45) is 0 Å². The lowest BCUT2D eigenvalue weighted by atomic mass is 9.99. The monoisotopic (exact) mass is 589 g/mol. The van der Waals surface area contributed by atoms with Gasteiger partial charge in [0.2, 0.25) is 5.91 Å². The van der Waals surface area contributed by atoms with Crippen LogP contribution in [-0.2, 0) is 4.79 Å². The fourth-order valence-corrected chi connectivity index (χ4v) is 6.20. The fourth-order valence-electron chi connectivity index (χ4n) is 5.90. The van der Waals surface area contributed by atoms with E-state index in [1.807, 2.05) is 31.7 Å². The van der Waals surface area contributed by atoms with E-state index < -0.39 is 11.5 Å². The van der Waals surface area contributed by atoms with Crippen molar-refractivity contribution >= 4 is 34.2 Å². The minimum Gasteiger partial charge on any atom is -0.507 e. The molecule has 0 saturated carbocycles. The van der Waals surface area contributed by atoms with Gasteiger partial charge in [-0.1, -0.05) is 38.1 Å². The first-order valence-electron chi connectivity index (χ1n) is 13.7. The second kappa shape index (κ2) is 10.4. The van der Waals surface area contributed by atoms with Crippen LogP contribution in [0.15, 0.2) is 54.0 Å². The second-order valence-corrected chi connectivity index (χ2v) is 11.2. The standard InChI is InChI=1S/C31H29ClFN5O4/c1-5-23(40)36-11-12-37-18(14-36)15-42-29-25-21(13-19(26(29)32)24-20(33)7-6-8-22(24)39)38(31(41)35-30(25)37)28-17(4)9-10-34-27(28)16(2)3/h5-10,13,16,18,39H,1,11-12,14-15H2,2-4H3/t18-/m1/s1. The molecule has 1 fully saturated rings. The SMILES string of the molecule is C=CC(=O)N1CCN2c3nc(=O)n(-c4c(C)ccnc4C(C)C)c4cc(-c5c(O)cccc5F)c(Cl)c(c34)OC[C@H]2C1. The number of halogens is 2. The largest absolute Gasteiger partial charge is 0.507 e. The summed E-state index contributed by atoms with van der Waals surface area (Å²) in [6.07, 6.45) is 2.96. The molecule has 1 amide bonds. The van der Waals surface area contributed by atoms with Crippen molar-refractivity contribution in [1.29, 1.82) is 0 Å². The Balaban J connectivity index is 1.71. The fraction of sp³-hybridized carbons (Fsp3) is 0.290. The summed E-state index contributed by atoms with van der Waals surface area (Å²) in [6.45, 7) is 10.7. The predicted octanol–water partition coefficient (Wildman–Crippen LogP) is 4.97. The van der Waals surface area contributed by atoms with E-state index in [-0.39, 0.29) is 52.1 Å². The van der Waals surface area contributed by atoms with Crippen LogP contribution >= 0.6 is 11.6 Å². The average Bonchev–Trinajstić information content (AvgIpc) is 3.12. The number of rotatable bonds is 4. The molecule has 216 valence electrons. The van der Waals surface area contributed by atoms with Gasteiger partial charge in [0.15, 0.2) is 5.75 Å². The number of ether oxygens (including phenoxy) is 1. The number of aromatic hydroxyl groups is 1. The summed E-state index contributed by atoms with van der Waals surface area (Å²) in [5, 5.41) is 11.3. The lowest BCUT2D eigenvalue weighted by Gasteiger charge is -2.40. The van der Waals surface area contributed by atoms with Gasteiger partial charge < -0.3 is 19.6 Å². The minimum absolute atomic E-state index is 0.0323. The smallest absolute Gasteiger partial charge is 0.354 e. The topological polar surface area (TPSA) is 101 Å². The van der Waals surface area contributed by atoms with Gasteiger partial charge in [-0.2, -0.15) is 4.98 Å². The van der Waals surface area contributed by atoms with Crippen LogP contribution < -0.4 is 15.3 Å². The molecule has 4 aromatic rings. The summed E-state index contributed by atoms with van der Waals surface area (Å²) in [7, 11) is 0. The normalized spacial score (nSPS) is 16.3. The highest BCUT2D eigenvalue weighted by atomic mass is 35.5. The lowest BCUT2D eigenvalue weighted by Crippen LogP contribution is -2.56. The van der Waals surface area contributed by atoms with Crippen LogP contribution in [0.1, 0.15) is 31.0 Å². The first-order valence-corrected chi connectivity index (χ1v) is 14.0. The molecule has 1 N–H and O–H groups in total. The molecule has 0 unspecified atom stereocenters. The van der Waals surface area contributed by atoms with Crippen LogP contribution in [0.3, 0.4) is 0 Å². The number of amides is 1. The van der Waals surface area contributed by atoms with Gasteiger partial charge in [0, 0.05) is 31.4 Å². The number of nitrogens with zero attached hydrogens (tertiary/aromatic N) is 5. The molecule has 0 spiro atoms. The Morgan fingerprint density at radius 1 is 1.29 bits per heavy atom. The van der Waals surface area contributed by atoms with Gasteiger partial charge in [-0.25, -0.2) is 9.18 Å². The zero-order chi connectivity index (χ0) is 29.9. The number of pyridine rings is 1. The predicted molar refractivity (Wildman–Crippen MR) is 159 cm³/mol. The molecule has 2 aromatic carbocycles. The van der Waals surface area contributed by atoms with Gasteiger partial charge in [0.1, 0.15) is 24.0 Å². The number of benzene rings is 2. The van der Waals surface area contributed by atoms with E-state index in [1.165, 1.54) is 28.8 Å². The average molecular weight is 590 g/mol. The molecule has 2 aromatic heterocycles. The third-order valence-electron chi connectivity index (χ3n) is 7.90. The molecule has 2 aliphatic rings. The number of phenols is 1. The molecule has 1 atom stereocenters. The van der Waals surface area contributed by atoms with Crippen molar-refractivity contribution in [1.82, 2.24) is 19.4 Å². The third-order valence-corrected chi connectivity index (χ3v) is 8.28. The molecule has 0 bridgehead atoms. The Bertz CT molecular complexity index is 1820. The Kier molecular flexibility index (Phi) is 6.89. The molecule has 0 radical (unpaired) electrons. The van der Waals surface area contributed by atoms with E-state index in [0.717, 1.165) is 5.56 Å². The van der Waals surface area contributed by atoms with Crippen molar-refractivity contribution < 1.29 is 19.0 Å². The van der Waals surface area contributed by atoms with Crippen LogP contribution in [0, 0.1) is 12.7 Å². The Morgan fingerprint density at radius 3 is 2.79 bits per heavy atom. The van der Waals surface area contributed by atoms with Crippen LogP contribution in [0.25, 0.3) is 27.7 Å². The van der Waals surface area contributed by atoms with E-state index in [9.17, 15) is 14.7 Å². The van der Waals surface area contributed by atoms with Crippen molar-refractivity contribution in [2.45, 2.75) is 32.7 Å². The van der Waals surface area contributed by atoms with Gasteiger partial charge in [-0.15, -0.1) is 0 Å². The Morgan fingerprint density at radius 2 is 2.07 bits per heavy atom. The molecule has 2 aliphatic heterocycles. The zero-order valence-corrected chi connectivity index (χ0v) is 24.2. The van der Waals surface area contributed by atoms with E-state index >= 15 is 4.39 Å². The van der Waals surface area contributed by atoms with Gasteiger partial charge >= 0.3 is 5.69 Å². The first-order chi connectivity index (χ1) is 20.1. The van der Waals surface area contributed by atoms with E-state index in [1.54, 1.807) is 17.2 Å². The molecular weight excluding hydrogens is 561 g/mol. The van der Waals surface area contributed by atoms with Crippen LogP contribution in [0.4, 0.5) is 10.2 Å². The van der Waals surface area contributed by atoms with Crippen molar-refractivity contribution in [3.05, 3.63) is 81.8 Å². The number of phenolic OH excluding ortho intramolecular Hbond substituents is 1. The van der Waals surface area contributed by atoms with Crippen molar-refractivity contribution in [3.8, 4) is 28.3 Å². The number of aromatic nitrogens is 3. The van der Waals surface area contributed by atoms with E-state index in [0.29, 0.717) is 47.7 Å². The lowest BCUT2D eigenvalue weighted by molar-refractivity contribution is -0.126. The number of carbonyl (C=O) groups is 1. The summed E-state index contributed by atoms with van der Waals surface area (Å²) < 4.78 is 23.1. The molecule has 11 heteroatoms. The number of aryl methyl sites for hydroxylation is 1. The van der Waals surface area contributed by atoms with Gasteiger partial charge in [0.25, 0.3) is 0 Å². The summed E-state index contributed by atoms with van der Waals surface area (Å²) in [6, 6.07) is 7.07. The van der Waals surface area contributed by atoms with E-state index in [4.69, 9.17) is 16.3 Å². The maximum absolute atomic E-state index is 15.3. The molecule has 1 saturated heterocycles. The first kappa shape index (κ1) is 27.7. The van der Waals surface area contributed by atoms with Crippen molar-refractivity contribution in [3.63, 3.8) is 0 Å². The van der Waals surface area contributed by atoms with Crippen LogP contribution in [0.5, 0.6) is 11.5 Å². The highest BCUT2D eigenvalue weighted by Gasteiger charge is 2.37. The maximum Gasteiger partial charge on any atom is 0.354 e. The second-order valence-electron chi connectivity index (χ2n) is 10.8. The molecule has 42 heavy (non-hydrogen) atoms. The number of carbonyl (C=O) groups excluding carboxylic acids is 1. The number of hydrogen-bond acceptors (Lipinski definition) is 7. The maximum atomic E-state index is 15.3. The zero-order valence-electron chi connectivity index (χ0n) is 23.4. The summed E-state index contributed by atoms with van der Waals surface area (Å²) >= 11 is 6.97. The summed E-state index contributed by atoms with van der Waals surface area (Å²) in [4.78, 5) is 39.3. The van der Waals surface area contributed by atoms with Gasteiger partial charge in [0.05, 0.1) is 38.9 Å². The summed E-state index contributed by atoms with van der Waals surface area (Å²) in [5.41, 5.74) is 1.92. The number of hydrogen-bond donors (Lipinski definition) is 1. The van der Waals surface area contributed by atoms with Crippen LogP contribution in [-0.4, -0.2) is 62.7 Å². The number of piperazine rings is 1. The van der Waals surface area contributed by atoms with Crippen LogP contribution in [0.2, 0.25) is 5.02 Å². The minimum atomic E-state index is -0.684. The Hall–Kier alpha value is -4.44. The van der Waals surface area contributed by atoms with Crippen molar-refractivity contribution in [2.75, 3.05) is 31.1 Å². The Labute approximate surface area is 246 Å². The number of fused-ring (bicyclic) bond motifs is 2. The molecule has 6 rings (SSSR count).